The van der Waals surface area contributed by atoms with Crippen LogP contribution in [0.4, 0.5) is 11.4 Å². The normalized spacial score (nSPS) is 9.73. The standard InChI is InChI=1S/C10H15N3O2/c1-3-15-9-5-8(13-2)7(11)4-6(9)10(12)14/h4-5,13H,3,11H2,1-2H3,(H2,12,14). The van der Waals surface area contributed by atoms with Crippen LogP contribution in [0.1, 0.15) is 17.3 Å². The second-order valence-electron chi connectivity index (χ2n) is 2.98. The Morgan fingerprint density at radius 2 is 2.20 bits per heavy atom. The van der Waals surface area contributed by atoms with Crippen molar-refractivity contribution in [1.29, 1.82) is 0 Å². The molecule has 1 aromatic carbocycles. The molecule has 15 heavy (non-hydrogen) atoms. The van der Waals surface area contributed by atoms with Crippen molar-refractivity contribution < 1.29 is 9.53 Å². The summed E-state index contributed by atoms with van der Waals surface area (Å²) < 4.78 is 5.30. The summed E-state index contributed by atoms with van der Waals surface area (Å²) in [4.78, 5) is 11.1. The van der Waals surface area contributed by atoms with Gasteiger partial charge in [0.2, 0.25) is 0 Å². The Bertz CT molecular complexity index is 377. The van der Waals surface area contributed by atoms with Gasteiger partial charge in [-0.05, 0) is 13.0 Å². The molecule has 0 heterocycles. The lowest BCUT2D eigenvalue weighted by molar-refractivity contribution is 0.0996. The number of nitrogens with two attached hydrogens (primary N) is 2. The van der Waals surface area contributed by atoms with Gasteiger partial charge in [-0.15, -0.1) is 0 Å². The SMILES string of the molecule is CCOc1cc(NC)c(N)cc1C(N)=O. The van der Waals surface area contributed by atoms with Crippen molar-refractivity contribution in [1.82, 2.24) is 0 Å². The van der Waals surface area contributed by atoms with Crippen LogP contribution in [0.25, 0.3) is 0 Å². The molecule has 82 valence electrons. The zero-order valence-electron chi connectivity index (χ0n) is 8.83. The molecule has 0 aromatic heterocycles. The third-order valence-electron chi connectivity index (χ3n) is 1.99. The Morgan fingerprint density at radius 3 is 2.67 bits per heavy atom. The smallest absolute Gasteiger partial charge is 0.252 e. The highest BCUT2D eigenvalue weighted by atomic mass is 16.5. The lowest BCUT2D eigenvalue weighted by atomic mass is 10.1. The first-order valence-electron chi connectivity index (χ1n) is 4.64. The zero-order valence-corrected chi connectivity index (χ0v) is 8.83. The molecule has 1 rings (SSSR count). The molecule has 0 spiro atoms. The molecule has 1 amide bonds. The predicted octanol–water partition coefficient (Wildman–Crippen LogP) is 0.808. The minimum Gasteiger partial charge on any atom is -0.493 e. The summed E-state index contributed by atoms with van der Waals surface area (Å²) in [5, 5.41) is 2.90. The van der Waals surface area contributed by atoms with Crippen molar-refractivity contribution in [3.8, 4) is 5.75 Å². The van der Waals surface area contributed by atoms with E-state index in [1.165, 1.54) is 6.07 Å². The van der Waals surface area contributed by atoms with E-state index < -0.39 is 5.91 Å². The number of hydrogen-bond donors (Lipinski definition) is 3. The molecule has 5 nitrogen and oxygen atoms in total. The monoisotopic (exact) mass is 209 g/mol. The van der Waals surface area contributed by atoms with E-state index >= 15 is 0 Å². The maximum Gasteiger partial charge on any atom is 0.252 e. The Balaban J connectivity index is 3.25. The number of benzene rings is 1. The molecule has 5 N–H and O–H groups in total. The second-order valence-corrected chi connectivity index (χ2v) is 2.98. The van der Waals surface area contributed by atoms with Crippen molar-refractivity contribution in [2.75, 3.05) is 24.7 Å². The topological polar surface area (TPSA) is 90.4 Å². The first kappa shape index (κ1) is 11.2. The molecule has 0 unspecified atom stereocenters. The van der Waals surface area contributed by atoms with E-state index in [4.69, 9.17) is 16.2 Å². The van der Waals surface area contributed by atoms with Crippen LogP contribution in [-0.2, 0) is 0 Å². The molecule has 0 fully saturated rings. The highest BCUT2D eigenvalue weighted by Crippen LogP contribution is 2.28. The van der Waals surface area contributed by atoms with Crippen LogP contribution < -0.4 is 21.5 Å². The summed E-state index contributed by atoms with van der Waals surface area (Å²) in [7, 11) is 1.74. The molecule has 0 radical (unpaired) electrons. The van der Waals surface area contributed by atoms with Crippen LogP contribution in [0.2, 0.25) is 0 Å². The quantitative estimate of drug-likeness (QED) is 0.640. The fraction of sp³-hybridized carbons (Fsp3) is 0.300. The number of carbonyl (C=O) groups is 1. The van der Waals surface area contributed by atoms with Gasteiger partial charge in [0.1, 0.15) is 5.75 Å². The summed E-state index contributed by atoms with van der Waals surface area (Å²) in [6, 6.07) is 3.18. The molecule has 0 aliphatic rings. The average Bonchev–Trinajstić information content (AvgIpc) is 2.20. The second kappa shape index (κ2) is 4.54. The number of hydrogen-bond acceptors (Lipinski definition) is 4. The number of rotatable bonds is 4. The van der Waals surface area contributed by atoms with Gasteiger partial charge in [-0.25, -0.2) is 0 Å². The Morgan fingerprint density at radius 1 is 1.53 bits per heavy atom. The van der Waals surface area contributed by atoms with Crippen molar-refractivity contribution >= 4 is 17.3 Å². The lowest BCUT2D eigenvalue weighted by Crippen LogP contribution is -2.14. The molecular formula is C10H15N3O2. The van der Waals surface area contributed by atoms with Gasteiger partial charge in [0.25, 0.3) is 5.91 Å². The highest BCUT2D eigenvalue weighted by Gasteiger charge is 2.12. The number of amides is 1. The van der Waals surface area contributed by atoms with Gasteiger partial charge in [0.05, 0.1) is 23.5 Å². The molecular weight excluding hydrogens is 194 g/mol. The number of anilines is 2. The highest BCUT2D eigenvalue weighted by molar-refractivity contribution is 5.98. The van der Waals surface area contributed by atoms with E-state index in [0.717, 1.165) is 0 Å². The zero-order chi connectivity index (χ0) is 11.4. The van der Waals surface area contributed by atoms with Crippen LogP contribution in [0.5, 0.6) is 5.75 Å². The van der Waals surface area contributed by atoms with Gasteiger partial charge in [-0.1, -0.05) is 0 Å². The fourth-order valence-electron chi connectivity index (χ4n) is 1.28. The van der Waals surface area contributed by atoms with Gasteiger partial charge in [-0.2, -0.15) is 0 Å². The van der Waals surface area contributed by atoms with Crippen molar-refractivity contribution in [3.63, 3.8) is 0 Å². The molecule has 0 bridgehead atoms. The van der Waals surface area contributed by atoms with Gasteiger partial charge in [0, 0.05) is 13.1 Å². The Hall–Kier alpha value is -1.91. The number of ether oxygens (including phenoxy) is 1. The largest absolute Gasteiger partial charge is 0.493 e. The maximum absolute atomic E-state index is 11.1. The molecule has 0 aliphatic carbocycles. The van der Waals surface area contributed by atoms with E-state index in [1.54, 1.807) is 13.1 Å². The van der Waals surface area contributed by atoms with E-state index in [0.29, 0.717) is 29.3 Å². The number of nitrogen functional groups attached to an aromatic ring is 1. The van der Waals surface area contributed by atoms with E-state index in [2.05, 4.69) is 5.32 Å². The number of carbonyl (C=O) groups excluding carboxylic acids is 1. The van der Waals surface area contributed by atoms with E-state index in [1.807, 2.05) is 6.92 Å². The van der Waals surface area contributed by atoms with Crippen LogP contribution in [-0.4, -0.2) is 19.6 Å². The summed E-state index contributed by atoms with van der Waals surface area (Å²) in [6.07, 6.45) is 0. The van der Waals surface area contributed by atoms with Crippen molar-refractivity contribution in [3.05, 3.63) is 17.7 Å². The summed E-state index contributed by atoms with van der Waals surface area (Å²) >= 11 is 0. The third-order valence-corrected chi connectivity index (χ3v) is 1.99. The fourth-order valence-corrected chi connectivity index (χ4v) is 1.28. The van der Waals surface area contributed by atoms with E-state index in [-0.39, 0.29) is 0 Å². The van der Waals surface area contributed by atoms with Crippen LogP contribution >= 0.6 is 0 Å². The summed E-state index contributed by atoms with van der Waals surface area (Å²) in [5.41, 5.74) is 12.4. The Labute approximate surface area is 88.4 Å². The number of primary amides is 1. The molecule has 1 aromatic rings. The molecule has 0 aliphatic heterocycles. The van der Waals surface area contributed by atoms with Gasteiger partial charge in [0.15, 0.2) is 0 Å². The molecule has 0 atom stereocenters. The molecule has 0 saturated carbocycles. The first-order chi connectivity index (χ1) is 7.10. The number of nitrogens with one attached hydrogen (secondary N) is 1. The van der Waals surface area contributed by atoms with Crippen molar-refractivity contribution in [2.45, 2.75) is 6.92 Å². The van der Waals surface area contributed by atoms with E-state index in [9.17, 15) is 4.79 Å². The maximum atomic E-state index is 11.1. The Kier molecular flexibility index (Phi) is 3.38. The lowest BCUT2D eigenvalue weighted by Gasteiger charge is -2.12. The summed E-state index contributed by atoms with van der Waals surface area (Å²) in [5.74, 6) is -0.101. The summed E-state index contributed by atoms with van der Waals surface area (Å²) in [6.45, 7) is 2.30. The van der Waals surface area contributed by atoms with Crippen LogP contribution in [0.3, 0.4) is 0 Å². The third kappa shape index (κ3) is 2.31. The first-order valence-corrected chi connectivity index (χ1v) is 4.64. The molecule has 5 heteroatoms. The van der Waals surface area contributed by atoms with Gasteiger partial charge >= 0.3 is 0 Å². The van der Waals surface area contributed by atoms with Gasteiger partial charge in [-0.3, -0.25) is 4.79 Å². The van der Waals surface area contributed by atoms with Crippen LogP contribution in [0, 0.1) is 0 Å². The average molecular weight is 209 g/mol. The minimum atomic E-state index is -0.548. The predicted molar refractivity (Wildman–Crippen MR) is 60.1 cm³/mol. The van der Waals surface area contributed by atoms with Crippen LogP contribution in [0.15, 0.2) is 12.1 Å². The van der Waals surface area contributed by atoms with Gasteiger partial charge < -0.3 is 21.5 Å². The molecule has 0 saturated heterocycles. The minimum absolute atomic E-state index is 0.299. The van der Waals surface area contributed by atoms with Crippen molar-refractivity contribution in [2.24, 2.45) is 5.73 Å².